The highest BCUT2D eigenvalue weighted by Crippen LogP contribution is 2.14. The summed E-state index contributed by atoms with van der Waals surface area (Å²) in [4.78, 5) is 19.7. The molecule has 0 radical (unpaired) electrons. The van der Waals surface area contributed by atoms with Gasteiger partial charge in [0.2, 0.25) is 0 Å². The quantitative estimate of drug-likeness (QED) is 0.468. The standard InChI is InChI=1S/C4H9O2P/c1-4(2)3-7(5)6/h4H,3H2,1-2H3/q-2. The highest BCUT2D eigenvalue weighted by atomic mass is 31.2. The van der Waals surface area contributed by atoms with Crippen molar-refractivity contribution in [2.75, 3.05) is 6.16 Å². The summed E-state index contributed by atoms with van der Waals surface area (Å²) in [6.07, 6.45) is 0.315. The predicted molar refractivity (Wildman–Crippen MR) is 26.6 cm³/mol. The first kappa shape index (κ1) is 7.35. The van der Waals surface area contributed by atoms with Crippen LogP contribution < -0.4 is 9.79 Å². The van der Waals surface area contributed by atoms with E-state index in [1.807, 2.05) is 13.8 Å². The Kier molecular flexibility index (Phi) is 3.53. The van der Waals surface area contributed by atoms with Crippen LogP contribution in [0.2, 0.25) is 0 Å². The van der Waals surface area contributed by atoms with Gasteiger partial charge >= 0.3 is 0 Å². The molecule has 0 aromatic heterocycles. The van der Waals surface area contributed by atoms with Crippen LogP contribution in [0, 0.1) is 5.92 Å². The SMILES string of the molecule is CC(C)CP([O-])[O-]. The van der Waals surface area contributed by atoms with Gasteiger partial charge in [-0.15, -0.1) is 0 Å². The molecule has 7 heavy (non-hydrogen) atoms. The zero-order valence-electron chi connectivity index (χ0n) is 4.55. The Balaban J connectivity index is 2.95. The maximum Gasteiger partial charge on any atom is -0.0455 e. The third kappa shape index (κ3) is 6.35. The Morgan fingerprint density at radius 1 is 1.43 bits per heavy atom. The van der Waals surface area contributed by atoms with Crippen LogP contribution in [0.15, 0.2) is 0 Å². The minimum atomic E-state index is -2.14. The smallest absolute Gasteiger partial charge is 0.0455 e. The van der Waals surface area contributed by atoms with Crippen molar-refractivity contribution in [3.63, 3.8) is 0 Å². The molecule has 3 heteroatoms. The lowest BCUT2D eigenvalue weighted by atomic mass is 10.3. The second-order valence-electron chi connectivity index (χ2n) is 1.91. The van der Waals surface area contributed by atoms with Crippen molar-refractivity contribution in [1.82, 2.24) is 0 Å². The van der Waals surface area contributed by atoms with Crippen molar-refractivity contribution in [3.05, 3.63) is 0 Å². The molecule has 0 rings (SSSR count). The molecular weight excluding hydrogens is 111 g/mol. The van der Waals surface area contributed by atoms with Crippen LogP contribution in [0.1, 0.15) is 13.8 Å². The molecule has 0 N–H and O–H groups in total. The topological polar surface area (TPSA) is 46.1 Å². The largest absolute Gasteiger partial charge is 0.842 e. The highest BCUT2D eigenvalue weighted by molar-refractivity contribution is 7.42. The van der Waals surface area contributed by atoms with E-state index in [0.29, 0.717) is 6.16 Å². The van der Waals surface area contributed by atoms with Gasteiger partial charge in [-0.05, 0) is 5.92 Å². The molecule has 0 saturated heterocycles. The van der Waals surface area contributed by atoms with E-state index >= 15 is 0 Å². The van der Waals surface area contributed by atoms with Gasteiger partial charge in [-0.1, -0.05) is 20.0 Å². The van der Waals surface area contributed by atoms with Gasteiger partial charge in [0.05, 0.1) is 0 Å². The second-order valence-corrected chi connectivity index (χ2v) is 2.94. The van der Waals surface area contributed by atoms with E-state index in [-0.39, 0.29) is 5.92 Å². The molecule has 0 aliphatic rings. The fraction of sp³-hybridized carbons (Fsp3) is 1.00. The van der Waals surface area contributed by atoms with Gasteiger partial charge in [0.25, 0.3) is 0 Å². The summed E-state index contributed by atoms with van der Waals surface area (Å²) >= 11 is 0. The van der Waals surface area contributed by atoms with E-state index in [9.17, 15) is 9.79 Å². The van der Waals surface area contributed by atoms with Crippen LogP contribution in [0.3, 0.4) is 0 Å². The van der Waals surface area contributed by atoms with Crippen molar-refractivity contribution in [3.8, 4) is 0 Å². The Morgan fingerprint density at radius 3 is 1.86 bits per heavy atom. The molecule has 0 saturated carbocycles. The number of hydrogen-bond donors (Lipinski definition) is 0. The summed E-state index contributed by atoms with van der Waals surface area (Å²) in [6, 6.07) is 0. The van der Waals surface area contributed by atoms with E-state index in [1.54, 1.807) is 0 Å². The van der Waals surface area contributed by atoms with Gasteiger partial charge in [0.15, 0.2) is 0 Å². The summed E-state index contributed by atoms with van der Waals surface area (Å²) in [5.41, 5.74) is 0. The molecule has 0 heterocycles. The second kappa shape index (κ2) is 3.36. The third-order valence-corrected chi connectivity index (χ3v) is 1.54. The van der Waals surface area contributed by atoms with Crippen molar-refractivity contribution in [1.29, 1.82) is 0 Å². The average molecular weight is 120 g/mol. The lowest BCUT2D eigenvalue weighted by Gasteiger charge is -2.32. The van der Waals surface area contributed by atoms with Gasteiger partial charge in [-0.2, -0.15) is 0 Å². The fourth-order valence-corrected chi connectivity index (χ4v) is 0.894. The van der Waals surface area contributed by atoms with Crippen molar-refractivity contribution < 1.29 is 9.79 Å². The van der Waals surface area contributed by atoms with E-state index in [4.69, 9.17) is 0 Å². The van der Waals surface area contributed by atoms with E-state index in [1.165, 1.54) is 0 Å². The minimum Gasteiger partial charge on any atom is -0.842 e. The molecule has 0 aliphatic heterocycles. The molecule has 0 bridgehead atoms. The normalized spacial score (nSPS) is 11.1. The molecule has 0 aromatic carbocycles. The van der Waals surface area contributed by atoms with Crippen molar-refractivity contribution in [2.45, 2.75) is 13.8 Å². The molecule has 2 nitrogen and oxygen atoms in total. The zero-order valence-corrected chi connectivity index (χ0v) is 5.44. The van der Waals surface area contributed by atoms with Gasteiger partial charge < -0.3 is 18.2 Å². The molecule has 0 aromatic rings. The van der Waals surface area contributed by atoms with Crippen molar-refractivity contribution in [2.24, 2.45) is 5.92 Å². The first-order chi connectivity index (χ1) is 3.13. The summed E-state index contributed by atoms with van der Waals surface area (Å²) < 4.78 is 0. The maximum absolute atomic E-state index is 9.85. The summed E-state index contributed by atoms with van der Waals surface area (Å²) in [5.74, 6) is 0.279. The molecule has 0 aliphatic carbocycles. The monoisotopic (exact) mass is 120 g/mol. The number of hydrogen-bond acceptors (Lipinski definition) is 2. The van der Waals surface area contributed by atoms with Crippen LogP contribution in [-0.4, -0.2) is 6.16 Å². The van der Waals surface area contributed by atoms with Crippen LogP contribution in [0.4, 0.5) is 0 Å². The lowest BCUT2D eigenvalue weighted by Crippen LogP contribution is -2.13. The maximum atomic E-state index is 9.85. The third-order valence-electron chi connectivity index (χ3n) is 0.514. The molecule has 0 fully saturated rings. The van der Waals surface area contributed by atoms with Gasteiger partial charge in [0, 0.05) is 0 Å². The lowest BCUT2D eigenvalue weighted by molar-refractivity contribution is -0.292. The van der Waals surface area contributed by atoms with Crippen LogP contribution in [-0.2, 0) is 0 Å². The van der Waals surface area contributed by atoms with Crippen LogP contribution >= 0.6 is 8.38 Å². The van der Waals surface area contributed by atoms with E-state index < -0.39 is 8.38 Å². The highest BCUT2D eigenvalue weighted by Gasteiger charge is 1.84. The first-order valence-corrected chi connectivity index (χ1v) is 3.61. The first-order valence-electron chi connectivity index (χ1n) is 2.24. The summed E-state index contributed by atoms with van der Waals surface area (Å²) in [7, 11) is -2.14. The Hall–Kier alpha value is 0.350. The molecule has 0 unspecified atom stereocenters. The zero-order chi connectivity index (χ0) is 5.86. The van der Waals surface area contributed by atoms with Crippen LogP contribution in [0.5, 0.6) is 0 Å². The van der Waals surface area contributed by atoms with Crippen LogP contribution in [0.25, 0.3) is 0 Å². The Morgan fingerprint density at radius 2 is 1.86 bits per heavy atom. The Labute approximate surface area is 45.1 Å². The average Bonchev–Trinajstić information content (AvgIpc) is 1.27. The molecule has 44 valence electrons. The van der Waals surface area contributed by atoms with E-state index in [2.05, 4.69) is 0 Å². The molecule has 0 atom stereocenters. The van der Waals surface area contributed by atoms with Gasteiger partial charge in [-0.3, -0.25) is 0 Å². The molecular formula is C4H9O2P-2. The molecule has 0 spiro atoms. The van der Waals surface area contributed by atoms with E-state index in [0.717, 1.165) is 0 Å². The summed E-state index contributed by atoms with van der Waals surface area (Å²) in [6.45, 7) is 3.76. The predicted octanol–water partition coefficient (Wildman–Crippen LogP) is -0.325. The van der Waals surface area contributed by atoms with Gasteiger partial charge in [0.1, 0.15) is 0 Å². The Bertz CT molecular complexity index is 39.0. The fourth-order valence-electron chi connectivity index (χ4n) is 0.298. The summed E-state index contributed by atoms with van der Waals surface area (Å²) in [5, 5.41) is 0. The molecule has 0 amide bonds. The van der Waals surface area contributed by atoms with Crippen molar-refractivity contribution >= 4 is 8.38 Å². The van der Waals surface area contributed by atoms with Gasteiger partial charge in [-0.25, -0.2) is 0 Å². The minimum absolute atomic E-state index is 0.279. The number of rotatable bonds is 2.